The van der Waals surface area contributed by atoms with Crippen LogP contribution >= 0.6 is 28.4 Å². The van der Waals surface area contributed by atoms with E-state index in [-0.39, 0.29) is 18.2 Å². The Morgan fingerprint density at radius 3 is 2.86 bits per heavy atom. The first-order valence-corrected chi connectivity index (χ1v) is 16.1. The number of pyridine rings is 1. The van der Waals surface area contributed by atoms with Crippen LogP contribution in [0.25, 0.3) is 34.3 Å². The van der Waals surface area contributed by atoms with Crippen LogP contribution in [0.3, 0.4) is 0 Å². The van der Waals surface area contributed by atoms with Gasteiger partial charge in [-0.25, -0.2) is 4.45 Å². The number of aryl methyl sites for hydroxylation is 2. The predicted molar refractivity (Wildman–Crippen MR) is 153 cm³/mol. The quantitative estimate of drug-likeness (QED) is 0.203. The van der Waals surface area contributed by atoms with Gasteiger partial charge in [-0.2, -0.15) is 10.2 Å². The molecule has 196 valence electrons. The minimum absolute atomic E-state index is 0.0710. The van der Waals surface area contributed by atoms with E-state index in [4.69, 9.17) is 14.8 Å². The molecule has 2 N–H and O–H groups in total. The number of aliphatic hydroxyl groups is 1. The zero-order valence-electron chi connectivity index (χ0n) is 21.5. The lowest BCUT2D eigenvalue weighted by Gasteiger charge is -2.22. The Morgan fingerprint density at radius 2 is 2.14 bits per heavy atom. The second kappa shape index (κ2) is 10.3. The molecule has 5 heterocycles. The van der Waals surface area contributed by atoms with Gasteiger partial charge in [0.15, 0.2) is 7.05 Å². The highest BCUT2D eigenvalue weighted by Gasteiger charge is 2.27. The molecule has 13 heteroatoms. The summed E-state index contributed by atoms with van der Waals surface area (Å²) < 4.78 is 13.6. The molecule has 0 amide bonds. The molecule has 0 fully saturated rings. The van der Waals surface area contributed by atoms with E-state index in [1.807, 2.05) is 66.2 Å². The third-order valence-corrected chi connectivity index (χ3v) is 8.69. The molecule has 0 saturated carbocycles. The number of rotatable bonds is 3. The number of hydrogen-bond donors (Lipinski definition) is 2. The van der Waals surface area contributed by atoms with Gasteiger partial charge in [-0.3, -0.25) is 24.0 Å². The normalized spacial score (nSPS) is 16.5. The standard InChI is InChI=1S/C24H30IN8O3P/c1-14(13-34)32-21-12-29(3)8-9-36-24-22(15(2)27-30(24)4)19-10-17-18(7-6-16(21)23(35)31(32)5)28-33(37-25)20(17)11-26-19/h6-7,10-11,14,34,37H,8-9,12-13H2,1-5H3/p+1/b7-6+. The van der Waals surface area contributed by atoms with E-state index in [1.54, 1.807) is 11.7 Å². The molecule has 1 aliphatic rings. The van der Waals surface area contributed by atoms with E-state index in [2.05, 4.69) is 32.0 Å². The molecule has 0 radical (unpaired) electrons. The molecule has 2 unspecified atom stereocenters. The van der Waals surface area contributed by atoms with E-state index < -0.39 is 0 Å². The molecule has 37 heavy (non-hydrogen) atoms. The van der Waals surface area contributed by atoms with Gasteiger partial charge in [0.25, 0.3) is 5.56 Å². The molecule has 5 rings (SSSR count). The number of halogens is 1. The molecule has 0 aromatic carbocycles. The summed E-state index contributed by atoms with van der Waals surface area (Å²) in [5, 5.41) is 19.0. The highest BCUT2D eigenvalue weighted by atomic mass is 127. The fourth-order valence-electron chi connectivity index (χ4n) is 4.98. The molecule has 4 aromatic heterocycles. The van der Waals surface area contributed by atoms with Crippen molar-refractivity contribution in [3.8, 4) is 17.1 Å². The zero-order chi connectivity index (χ0) is 26.4. The lowest BCUT2D eigenvalue weighted by atomic mass is 10.1. The maximum atomic E-state index is 13.3. The van der Waals surface area contributed by atoms with E-state index in [1.165, 1.54) is 0 Å². The van der Waals surface area contributed by atoms with Gasteiger partial charge in [0, 0.05) is 25.5 Å². The van der Waals surface area contributed by atoms with Gasteiger partial charge in [-0.15, -0.1) is 0 Å². The van der Waals surface area contributed by atoms with Crippen molar-refractivity contribution in [3.63, 3.8) is 0 Å². The molecular weight excluding hydrogens is 606 g/mol. The maximum absolute atomic E-state index is 13.3. The van der Waals surface area contributed by atoms with Gasteiger partial charge in [0.2, 0.25) is 0 Å². The van der Waals surface area contributed by atoms with Gasteiger partial charge >= 0.3 is 5.88 Å². The van der Waals surface area contributed by atoms with Crippen molar-refractivity contribution < 1.29 is 14.5 Å². The van der Waals surface area contributed by atoms with Crippen molar-refractivity contribution in [2.45, 2.75) is 26.4 Å². The number of aromatic nitrogens is 7. The lowest BCUT2D eigenvalue weighted by molar-refractivity contribution is -0.731. The van der Waals surface area contributed by atoms with Crippen LogP contribution in [0.1, 0.15) is 35.6 Å². The first-order chi connectivity index (χ1) is 17.7. The van der Waals surface area contributed by atoms with Crippen LogP contribution < -0.4 is 15.0 Å². The highest BCUT2D eigenvalue weighted by Crippen LogP contribution is 2.35. The number of H-pyrrole nitrogens is 1. The predicted octanol–water partition coefficient (Wildman–Crippen LogP) is 2.40. The van der Waals surface area contributed by atoms with E-state index in [9.17, 15) is 9.90 Å². The summed E-state index contributed by atoms with van der Waals surface area (Å²) in [5.74, 6) is 0.721. The largest absolute Gasteiger partial charge is 0.441 e. The van der Waals surface area contributed by atoms with Crippen LogP contribution in [0.4, 0.5) is 0 Å². The van der Waals surface area contributed by atoms with Crippen LogP contribution in [0.5, 0.6) is 5.88 Å². The zero-order valence-corrected chi connectivity index (χ0v) is 24.6. The Morgan fingerprint density at radius 1 is 1.35 bits per heavy atom. The molecule has 2 bridgehead atoms. The topological polar surface area (TPSA) is 110 Å². The summed E-state index contributed by atoms with van der Waals surface area (Å²) in [6.07, 6.45) is 6.02. The number of ether oxygens (including phenoxy) is 1. The first-order valence-electron chi connectivity index (χ1n) is 12.0. The summed E-state index contributed by atoms with van der Waals surface area (Å²) in [6.45, 7) is 5.45. The maximum Gasteiger partial charge on any atom is 0.402 e. The van der Waals surface area contributed by atoms with Gasteiger partial charge in [-0.1, -0.05) is 4.68 Å². The number of nitrogens with one attached hydrogen (secondary N) is 1. The molecule has 0 aliphatic carbocycles. The summed E-state index contributed by atoms with van der Waals surface area (Å²) in [5.41, 5.74) is 5.70. The second-order valence-corrected chi connectivity index (χ2v) is 11.5. The van der Waals surface area contributed by atoms with Gasteiger partial charge < -0.3 is 9.84 Å². The average Bonchev–Trinajstić information content (AvgIpc) is 3.45. The van der Waals surface area contributed by atoms with Crippen molar-refractivity contribution in [1.29, 1.82) is 0 Å². The Labute approximate surface area is 229 Å². The van der Waals surface area contributed by atoms with Crippen LogP contribution in [-0.2, 0) is 20.6 Å². The number of likely N-dealkylation sites (N-methyl/N-ethyl adjacent to an activating group) is 1. The number of aliphatic hydroxyl groups excluding tert-OH is 1. The van der Waals surface area contributed by atoms with Crippen LogP contribution in [0.2, 0.25) is 0 Å². The Balaban J connectivity index is 1.76. The van der Waals surface area contributed by atoms with Gasteiger partial charge in [-0.05, 0) is 61.2 Å². The van der Waals surface area contributed by atoms with Gasteiger partial charge in [0.1, 0.15) is 12.2 Å². The van der Waals surface area contributed by atoms with E-state index in [0.29, 0.717) is 31.6 Å². The number of fused-ring (bicyclic) bond motifs is 4. The Bertz CT molecular complexity index is 1570. The fraction of sp³-hybridized carbons (Fsp3) is 0.417. The third kappa shape index (κ3) is 4.53. The SMILES string of the molecule is Cc1[nH][n+](C)c2c1-c1cc3c(nn(PI)c3cn1)/C=C/c1c(n(C(C)CO)n(C)c1=O)CN(C)CCO2. The Hall–Kier alpha value is -2.54. The number of hydrogen-bond acceptors (Lipinski definition) is 6. The van der Waals surface area contributed by atoms with Crippen LogP contribution in [-0.4, -0.2) is 65.8 Å². The second-order valence-electron chi connectivity index (χ2n) is 9.43. The molecule has 0 saturated heterocycles. The molecule has 2 atom stereocenters. The van der Waals surface area contributed by atoms with E-state index >= 15 is 0 Å². The minimum Gasteiger partial charge on any atom is -0.441 e. The summed E-state index contributed by atoms with van der Waals surface area (Å²) in [6, 6.07) is 1.79. The van der Waals surface area contributed by atoms with E-state index in [0.717, 1.165) is 45.1 Å². The van der Waals surface area contributed by atoms with Crippen molar-refractivity contribution >= 4 is 51.5 Å². The summed E-state index contributed by atoms with van der Waals surface area (Å²) in [4.78, 5) is 20.2. The number of aromatic amines is 1. The average molecular weight is 637 g/mol. The first kappa shape index (κ1) is 26.1. The smallest absolute Gasteiger partial charge is 0.402 e. The summed E-state index contributed by atoms with van der Waals surface area (Å²) >= 11 is 2.31. The number of nitrogens with zero attached hydrogens (tertiary/aromatic N) is 7. The van der Waals surface area contributed by atoms with Crippen LogP contribution in [0, 0.1) is 6.92 Å². The fourth-order valence-corrected chi connectivity index (χ4v) is 6.50. The highest BCUT2D eigenvalue weighted by molar-refractivity contribution is 14.2. The molecule has 4 aromatic rings. The molecule has 11 nitrogen and oxygen atoms in total. The van der Waals surface area contributed by atoms with Crippen LogP contribution in [0.15, 0.2) is 17.1 Å². The van der Waals surface area contributed by atoms with Crippen molar-refractivity contribution in [3.05, 3.63) is 45.3 Å². The van der Waals surface area contributed by atoms with Crippen molar-refractivity contribution in [1.82, 2.24) is 33.9 Å². The monoisotopic (exact) mass is 637 g/mol. The Kier molecular flexibility index (Phi) is 7.27. The lowest BCUT2D eigenvalue weighted by Crippen LogP contribution is -2.34. The van der Waals surface area contributed by atoms with Crippen molar-refractivity contribution in [2.24, 2.45) is 14.1 Å². The summed E-state index contributed by atoms with van der Waals surface area (Å²) in [7, 11) is 5.67. The molecule has 0 spiro atoms. The third-order valence-electron chi connectivity index (χ3n) is 6.82. The van der Waals surface area contributed by atoms with Crippen molar-refractivity contribution in [2.75, 3.05) is 26.8 Å². The molecule has 1 aliphatic heterocycles. The minimum atomic E-state index is -0.250. The van der Waals surface area contributed by atoms with Gasteiger partial charge in [0.05, 0.1) is 59.1 Å². The molecular formula is C24H31IN8O3P+.